The Morgan fingerprint density at radius 3 is 2.50 bits per heavy atom. The van der Waals surface area contributed by atoms with Crippen LogP contribution >= 0.6 is 0 Å². The summed E-state index contributed by atoms with van der Waals surface area (Å²) in [5, 5.41) is 10.1. The van der Waals surface area contributed by atoms with Gasteiger partial charge in [-0.1, -0.05) is 6.42 Å². The van der Waals surface area contributed by atoms with Crippen LogP contribution in [0.3, 0.4) is 0 Å². The Kier molecular flexibility index (Phi) is 4.32. The van der Waals surface area contributed by atoms with Crippen molar-refractivity contribution in [3.63, 3.8) is 0 Å². The van der Waals surface area contributed by atoms with E-state index in [1.807, 2.05) is 0 Å². The van der Waals surface area contributed by atoms with Crippen molar-refractivity contribution in [1.29, 1.82) is 0 Å². The molecule has 1 N–H and O–H groups in total. The third kappa shape index (κ3) is 3.29. The maximum Gasteiger partial charge on any atom is 0.391 e. The number of hydrogen-bond donors (Lipinski definition) is 1. The summed E-state index contributed by atoms with van der Waals surface area (Å²) in [6.07, 6.45) is -5.24. The van der Waals surface area contributed by atoms with Gasteiger partial charge < -0.3 is 5.11 Å². The first-order valence-electron chi connectivity index (χ1n) is 6.48. The molecule has 0 bridgehead atoms. The molecule has 112 valence electrons. The van der Waals surface area contributed by atoms with E-state index in [0.29, 0.717) is 12.8 Å². The number of halogens is 5. The van der Waals surface area contributed by atoms with Gasteiger partial charge in [-0.25, -0.2) is 8.78 Å². The molecule has 0 heterocycles. The summed E-state index contributed by atoms with van der Waals surface area (Å²) in [6.45, 7) is 0. The number of aliphatic hydroxyl groups excluding tert-OH is 1. The first-order chi connectivity index (χ1) is 9.29. The van der Waals surface area contributed by atoms with E-state index in [4.69, 9.17) is 0 Å². The zero-order chi connectivity index (χ0) is 14.9. The molecule has 1 aromatic rings. The van der Waals surface area contributed by atoms with Crippen molar-refractivity contribution < 1.29 is 27.1 Å². The summed E-state index contributed by atoms with van der Waals surface area (Å²) in [5.74, 6) is -3.70. The average Bonchev–Trinajstić information content (AvgIpc) is 2.40. The normalized spacial score (nSPS) is 25.5. The number of benzene rings is 1. The summed E-state index contributed by atoms with van der Waals surface area (Å²) in [6, 6.07) is 2.63. The molecule has 2 rings (SSSR count). The van der Waals surface area contributed by atoms with Crippen LogP contribution in [0.15, 0.2) is 18.2 Å². The van der Waals surface area contributed by atoms with E-state index in [0.717, 1.165) is 18.2 Å². The first kappa shape index (κ1) is 15.2. The smallest absolute Gasteiger partial charge is 0.388 e. The molecule has 1 aliphatic rings. The van der Waals surface area contributed by atoms with E-state index in [9.17, 15) is 27.1 Å². The number of alkyl halides is 3. The monoisotopic (exact) mass is 294 g/mol. The van der Waals surface area contributed by atoms with Gasteiger partial charge in [0.15, 0.2) is 0 Å². The second-order valence-corrected chi connectivity index (χ2v) is 5.28. The van der Waals surface area contributed by atoms with Crippen molar-refractivity contribution in [3.05, 3.63) is 35.4 Å². The maximum absolute atomic E-state index is 13.6. The van der Waals surface area contributed by atoms with Crippen molar-refractivity contribution in [2.45, 2.75) is 38.0 Å². The van der Waals surface area contributed by atoms with Gasteiger partial charge in [0.25, 0.3) is 0 Å². The summed E-state index contributed by atoms with van der Waals surface area (Å²) >= 11 is 0. The molecule has 1 saturated carbocycles. The molecule has 0 saturated heterocycles. The van der Waals surface area contributed by atoms with Gasteiger partial charge in [0.2, 0.25) is 0 Å². The molecule has 3 unspecified atom stereocenters. The van der Waals surface area contributed by atoms with Crippen molar-refractivity contribution in [1.82, 2.24) is 0 Å². The van der Waals surface area contributed by atoms with E-state index >= 15 is 0 Å². The van der Waals surface area contributed by atoms with Gasteiger partial charge in [0, 0.05) is 5.56 Å². The first-order valence-corrected chi connectivity index (χ1v) is 6.48. The minimum atomic E-state index is -4.31. The lowest BCUT2D eigenvalue weighted by atomic mass is 9.77. The molecule has 3 atom stereocenters. The molecule has 0 aromatic heterocycles. The molecular formula is C14H15F5O. The number of aliphatic hydroxyl groups is 1. The highest BCUT2D eigenvalue weighted by atomic mass is 19.4. The lowest BCUT2D eigenvalue weighted by Crippen LogP contribution is -2.31. The van der Waals surface area contributed by atoms with Gasteiger partial charge in [0.05, 0.1) is 12.0 Å². The van der Waals surface area contributed by atoms with E-state index < -0.39 is 35.8 Å². The van der Waals surface area contributed by atoms with Crippen molar-refractivity contribution in [2.24, 2.45) is 11.8 Å². The topological polar surface area (TPSA) is 20.2 Å². The fourth-order valence-corrected chi connectivity index (χ4v) is 2.81. The van der Waals surface area contributed by atoms with Crippen LogP contribution in [0.25, 0.3) is 0 Å². The Hall–Kier alpha value is -1.17. The van der Waals surface area contributed by atoms with Crippen molar-refractivity contribution in [2.75, 3.05) is 0 Å². The van der Waals surface area contributed by atoms with Crippen molar-refractivity contribution >= 4 is 0 Å². The van der Waals surface area contributed by atoms with Crippen LogP contribution in [0, 0.1) is 23.5 Å². The zero-order valence-electron chi connectivity index (χ0n) is 10.6. The highest BCUT2D eigenvalue weighted by molar-refractivity contribution is 5.21. The standard InChI is InChI=1S/C14H15F5O/c15-10-4-5-12(16)11(7-10)13(20)8-2-1-3-9(6-8)14(17,18)19/h4-5,7-9,13,20H,1-3,6H2. The highest BCUT2D eigenvalue weighted by Crippen LogP contribution is 2.44. The number of hydrogen-bond acceptors (Lipinski definition) is 1. The zero-order valence-corrected chi connectivity index (χ0v) is 10.6. The molecule has 1 aliphatic carbocycles. The van der Waals surface area contributed by atoms with Gasteiger partial charge in [-0.2, -0.15) is 13.2 Å². The van der Waals surface area contributed by atoms with Crippen LogP contribution in [0.2, 0.25) is 0 Å². The molecule has 1 nitrogen and oxygen atoms in total. The van der Waals surface area contributed by atoms with E-state index in [-0.39, 0.29) is 18.4 Å². The lowest BCUT2D eigenvalue weighted by Gasteiger charge is -2.33. The Bertz CT molecular complexity index is 471. The molecule has 20 heavy (non-hydrogen) atoms. The predicted octanol–water partition coefficient (Wildman–Crippen LogP) is 4.37. The molecule has 0 aliphatic heterocycles. The van der Waals surface area contributed by atoms with Gasteiger partial charge in [-0.15, -0.1) is 0 Å². The van der Waals surface area contributed by atoms with E-state index in [2.05, 4.69) is 0 Å². The molecule has 0 spiro atoms. The SMILES string of the molecule is OC(c1cc(F)ccc1F)C1CCCC(C(F)(F)F)C1. The van der Waals surface area contributed by atoms with Crippen LogP contribution in [-0.2, 0) is 0 Å². The third-order valence-corrected chi connectivity index (χ3v) is 3.90. The fourth-order valence-electron chi connectivity index (χ4n) is 2.81. The average molecular weight is 294 g/mol. The van der Waals surface area contributed by atoms with E-state index in [1.165, 1.54) is 0 Å². The van der Waals surface area contributed by atoms with Crippen LogP contribution < -0.4 is 0 Å². The summed E-state index contributed by atoms with van der Waals surface area (Å²) in [5.41, 5.74) is -0.266. The highest BCUT2D eigenvalue weighted by Gasteiger charge is 2.43. The third-order valence-electron chi connectivity index (χ3n) is 3.90. The Balaban J connectivity index is 2.16. The molecule has 1 aromatic carbocycles. The largest absolute Gasteiger partial charge is 0.391 e. The van der Waals surface area contributed by atoms with Crippen LogP contribution in [-0.4, -0.2) is 11.3 Å². The van der Waals surface area contributed by atoms with Gasteiger partial charge in [-0.3, -0.25) is 0 Å². The summed E-state index contributed by atoms with van der Waals surface area (Å²) in [4.78, 5) is 0. The minimum Gasteiger partial charge on any atom is -0.388 e. The predicted molar refractivity (Wildman–Crippen MR) is 62.8 cm³/mol. The molecule has 6 heteroatoms. The Labute approximate surface area is 113 Å². The minimum absolute atomic E-state index is 0.0261. The van der Waals surface area contributed by atoms with Crippen LogP contribution in [0.5, 0.6) is 0 Å². The Morgan fingerprint density at radius 1 is 1.15 bits per heavy atom. The van der Waals surface area contributed by atoms with Gasteiger partial charge in [-0.05, 0) is 43.4 Å². The molecule has 0 amide bonds. The molecular weight excluding hydrogens is 279 g/mol. The van der Waals surface area contributed by atoms with Gasteiger partial charge in [0.1, 0.15) is 11.6 Å². The van der Waals surface area contributed by atoms with Gasteiger partial charge >= 0.3 is 6.18 Å². The number of rotatable bonds is 2. The second-order valence-electron chi connectivity index (χ2n) is 5.28. The Morgan fingerprint density at radius 2 is 1.85 bits per heavy atom. The quantitative estimate of drug-likeness (QED) is 0.803. The van der Waals surface area contributed by atoms with Crippen LogP contribution in [0.4, 0.5) is 22.0 Å². The molecule has 0 radical (unpaired) electrons. The van der Waals surface area contributed by atoms with Crippen LogP contribution in [0.1, 0.15) is 37.4 Å². The summed E-state index contributed by atoms with van der Waals surface area (Å²) in [7, 11) is 0. The summed E-state index contributed by atoms with van der Waals surface area (Å²) < 4.78 is 64.8. The van der Waals surface area contributed by atoms with E-state index in [1.54, 1.807) is 0 Å². The maximum atomic E-state index is 13.6. The van der Waals surface area contributed by atoms with Crippen molar-refractivity contribution in [3.8, 4) is 0 Å². The second kappa shape index (κ2) is 5.68. The fraction of sp³-hybridized carbons (Fsp3) is 0.571. The lowest BCUT2D eigenvalue weighted by molar-refractivity contribution is -0.189. The molecule has 1 fully saturated rings.